The first-order valence-electron chi connectivity index (χ1n) is 9.63. The van der Waals surface area contributed by atoms with E-state index in [-0.39, 0.29) is 30.0 Å². The number of nitrogens with one attached hydrogen (secondary N) is 2. The van der Waals surface area contributed by atoms with E-state index in [0.29, 0.717) is 13.2 Å². The Hall–Kier alpha value is -1.06. The van der Waals surface area contributed by atoms with Crippen molar-refractivity contribution < 1.29 is 9.47 Å². The van der Waals surface area contributed by atoms with E-state index in [9.17, 15) is 0 Å². The summed E-state index contributed by atoms with van der Waals surface area (Å²) in [4.78, 5) is 6.79. The fourth-order valence-electron chi connectivity index (χ4n) is 3.07. The number of ether oxygens (including phenoxy) is 2. The fourth-order valence-corrected chi connectivity index (χ4v) is 3.07. The van der Waals surface area contributed by atoms with Crippen LogP contribution in [0.3, 0.4) is 0 Å². The molecule has 0 radical (unpaired) electrons. The van der Waals surface area contributed by atoms with Crippen LogP contribution in [0, 0.1) is 0 Å². The first-order chi connectivity index (χ1) is 12.7. The molecule has 1 aliphatic rings. The van der Waals surface area contributed by atoms with Gasteiger partial charge in [-0.1, -0.05) is 12.1 Å². The van der Waals surface area contributed by atoms with Gasteiger partial charge in [0.05, 0.1) is 19.3 Å². The molecule has 1 saturated heterocycles. The maximum atomic E-state index is 5.47. The van der Waals surface area contributed by atoms with Crippen molar-refractivity contribution in [1.29, 1.82) is 0 Å². The summed E-state index contributed by atoms with van der Waals surface area (Å²) in [6, 6.07) is 9.02. The second kappa shape index (κ2) is 14.0. The van der Waals surface area contributed by atoms with E-state index in [1.165, 1.54) is 37.2 Å². The van der Waals surface area contributed by atoms with E-state index >= 15 is 0 Å². The number of nitrogens with zero attached hydrogens (tertiary/aromatic N) is 2. The minimum absolute atomic E-state index is 0. The van der Waals surface area contributed by atoms with Gasteiger partial charge in [-0.2, -0.15) is 0 Å². The first kappa shape index (κ1) is 24.0. The van der Waals surface area contributed by atoms with Crippen molar-refractivity contribution in [3.05, 3.63) is 29.8 Å². The van der Waals surface area contributed by atoms with Crippen molar-refractivity contribution in [2.24, 2.45) is 4.99 Å². The van der Waals surface area contributed by atoms with Crippen LogP contribution in [-0.2, 0) is 9.47 Å². The molecule has 1 atom stereocenters. The Labute approximate surface area is 181 Å². The van der Waals surface area contributed by atoms with Gasteiger partial charge in [-0.25, -0.2) is 0 Å². The topological polar surface area (TPSA) is 58.1 Å². The number of hydrogen-bond acceptors (Lipinski definition) is 4. The molecule has 1 aliphatic heterocycles. The van der Waals surface area contributed by atoms with E-state index in [4.69, 9.17) is 9.47 Å². The maximum absolute atomic E-state index is 5.47. The summed E-state index contributed by atoms with van der Waals surface area (Å²) in [6.07, 6.45) is 3.52. The van der Waals surface area contributed by atoms with Crippen molar-refractivity contribution in [3.8, 4) is 0 Å². The lowest BCUT2D eigenvalue weighted by Crippen LogP contribution is -2.39. The van der Waals surface area contributed by atoms with Crippen LogP contribution in [0.25, 0.3) is 0 Å². The predicted octanol–water partition coefficient (Wildman–Crippen LogP) is 3.18. The van der Waals surface area contributed by atoms with Crippen molar-refractivity contribution >= 4 is 35.6 Å². The van der Waals surface area contributed by atoms with Crippen LogP contribution >= 0.6 is 24.0 Å². The second-order valence-electron chi connectivity index (χ2n) is 6.61. The molecular weight excluding hydrogens is 455 g/mol. The van der Waals surface area contributed by atoms with Crippen molar-refractivity contribution in [2.45, 2.75) is 32.2 Å². The van der Waals surface area contributed by atoms with Crippen LogP contribution in [0.4, 0.5) is 5.69 Å². The molecule has 27 heavy (non-hydrogen) atoms. The number of hydrogen-bond donors (Lipinski definition) is 2. The van der Waals surface area contributed by atoms with Gasteiger partial charge in [0.1, 0.15) is 0 Å². The highest BCUT2D eigenvalue weighted by molar-refractivity contribution is 14.0. The van der Waals surface area contributed by atoms with Gasteiger partial charge in [0.15, 0.2) is 5.96 Å². The zero-order chi connectivity index (χ0) is 18.6. The third kappa shape index (κ3) is 8.66. The largest absolute Gasteiger partial charge is 0.382 e. The number of anilines is 1. The van der Waals surface area contributed by atoms with E-state index in [1.54, 1.807) is 14.2 Å². The Balaban J connectivity index is 0.00000364. The number of guanidine groups is 1. The van der Waals surface area contributed by atoms with Gasteiger partial charge in [0.25, 0.3) is 0 Å². The lowest BCUT2D eigenvalue weighted by atomic mass is 10.1. The van der Waals surface area contributed by atoms with Crippen LogP contribution in [0.5, 0.6) is 0 Å². The average molecular weight is 490 g/mol. The molecule has 0 amide bonds. The summed E-state index contributed by atoms with van der Waals surface area (Å²) < 4.78 is 10.4. The molecule has 2 rings (SSSR count). The van der Waals surface area contributed by atoms with Gasteiger partial charge in [0.2, 0.25) is 0 Å². The molecule has 1 heterocycles. The van der Waals surface area contributed by atoms with Crippen molar-refractivity contribution in [2.75, 3.05) is 58.5 Å². The monoisotopic (exact) mass is 490 g/mol. The molecule has 0 aliphatic carbocycles. The van der Waals surface area contributed by atoms with Crippen LogP contribution < -0.4 is 15.5 Å². The molecule has 6 nitrogen and oxygen atoms in total. The Morgan fingerprint density at radius 1 is 1.22 bits per heavy atom. The van der Waals surface area contributed by atoms with Crippen LogP contribution in [0.2, 0.25) is 0 Å². The molecule has 0 bridgehead atoms. The fraction of sp³-hybridized carbons (Fsp3) is 0.650. The number of halogens is 1. The highest BCUT2D eigenvalue weighted by atomic mass is 127. The molecule has 2 N–H and O–H groups in total. The predicted molar refractivity (Wildman–Crippen MR) is 124 cm³/mol. The summed E-state index contributed by atoms with van der Waals surface area (Å²) >= 11 is 0. The normalized spacial score (nSPS) is 15.4. The molecule has 7 heteroatoms. The minimum atomic E-state index is 0. The summed E-state index contributed by atoms with van der Waals surface area (Å²) in [6.45, 7) is 7.35. The SMILES string of the molecule is CN=C(NCCCOCCOC)NC(C)c1cccc(N2CCCC2)c1.I. The number of aliphatic imine (C=N–C) groups is 1. The molecule has 1 fully saturated rings. The average Bonchev–Trinajstić information content (AvgIpc) is 3.21. The third-order valence-electron chi connectivity index (χ3n) is 4.61. The van der Waals surface area contributed by atoms with E-state index in [1.807, 2.05) is 0 Å². The quantitative estimate of drug-likeness (QED) is 0.229. The zero-order valence-corrected chi connectivity index (χ0v) is 19.2. The molecule has 1 aromatic rings. The Bertz CT molecular complexity index is 551. The number of rotatable bonds is 10. The van der Waals surface area contributed by atoms with Gasteiger partial charge >= 0.3 is 0 Å². The lowest BCUT2D eigenvalue weighted by Gasteiger charge is -2.22. The molecule has 0 spiro atoms. The Kier molecular flexibility index (Phi) is 12.4. The van der Waals surface area contributed by atoms with Gasteiger partial charge in [-0.05, 0) is 43.9 Å². The van der Waals surface area contributed by atoms with Crippen LogP contribution in [-0.4, -0.2) is 59.6 Å². The molecular formula is C20H35IN4O2. The highest BCUT2D eigenvalue weighted by Crippen LogP contribution is 2.23. The van der Waals surface area contributed by atoms with E-state index in [0.717, 1.165) is 25.5 Å². The van der Waals surface area contributed by atoms with Gasteiger partial charge in [0, 0.05) is 46.1 Å². The molecule has 154 valence electrons. The first-order valence-corrected chi connectivity index (χ1v) is 9.63. The molecule has 0 saturated carbocycles. The van der Waals surface area contributed by atoms with Crippen LogP contribution in [0.1, 0.15) is 37.8 Å². The highest BCUT2D eigenvalue weighted by Gasteiger charge is 2.14. The van der Waals surface area contributed by atoms with Crippen molar-refractivity contribution in [1.82, 2.24) is 10.6 Å². The Morgan fingerprint density at radius 3 is 2.70 bits per heavy atom. The summed E-state index contributed by atoms with van der Waals surface area (Å²) in [5, 5.41) is 6.82. The van der Waals surface area contributed by atoms with E-state index < -0.39 is 0 Å². The van der Waals surface area contributed by atoms with E-state index in [2.05, 4.69) is 51.7 Å². The lowest BCUT2D eigenvalue weighted by molar-refractivity contribution is 0.0698. The Morgan fingerprint density at radius 2 is 2.00 bits per heavy atom. The smallest absolute Gasteiger partial charge is 0.191 e. The maximum Gasteiger partial charge on any atom is 0.191 e. The summed E-state index contributed by atoms with van der Waals surface area (Å²) in [7, 11) is 3.49. The third-order valence-corrected chi connectivity index (χ3v) is 4.61. The van der Waals surface area contributed by atoms with Gasteiger partial charge in [-0.15, -0.1) is 24.0 Å². The standard InChI is InChI=1S/C20H34N4O2.HI/c1-17(18-8-6-9-19(16-18)24-11-4-5-12-24)23-20(21-2)22-10-7-13-26-15-14-25-3;/h6,8-9,16-17H,4-5,7,10-15H2,1-3H3,(H2,21,22,23);1H. The van der Waals surface area contributed by atoms with Crippen LogP contribution in [0.15, 0.2) is 29.3 Å². The number of methoxy groups -OCH3 is 1. The molecule has 1 unspecified atom stereocenters. The molecule has 0 aromatic heterocycles. The molecule has 1 aromatic carbocycles. The summed E-state index contributed by atoms with van der Waals surface area (Å²) in [5.74, 6) is 0.820. The van der Waals surface area contributed by atoms with Gasteiger partial charge in [-0.3, -0.25) is 4.99 Å². The van der Waals surface area contributed by atoms with Crippen molar-refractivity contribution in [3.63, 3.8) is 0 Å². The minimum Gasteiger partial charge on any atom is -0.382 e. The second-order valence-corrected chi connectivity index (χ2v) is 6.61. The zero-order valence-electron chi connectivity index (χ0n) is 16.9. The summed E-state index contributed by atoms with van der Waals surface area (Å²) in [5.41, 5.74) is 2.60. The van der Waals surface area contributed by atoms with Gasteiger partial charge < -0.3 is 25.0 Å². The number of benzene rings is 1.